The van der Waals surface area contributed by atoms with Gasteiger partial charge in [0.05, 0.1) is 0 Å². The predicted molar refractivity (Wildman–Crippen MR) is 89.2 cm³/mol. The van der Waals surface area contributed by atoms with Crippen LogP contribution in [0.5, 0.6) is 0 Å². The van der Waals surface area contributed by atoms with Gasteiger partial charge < -0.3 is 4.90 Å². The van der Waals surface area contributed by atoms with E-state index in [1.807, 2.05) is 0 Å². The Labute approximate surface area is 127 Å². The summed E-state index contributed by atoms with van der Waals surface area (Å²) in [7, 11) is 2.40. The van der Waals surface area contributed by atoms with Crippen molar-refractivity contribution in [3.05, 3.63) is 0 Å². The molecule has 0 spiro atoms. The Kier molecular flexibility index (Phi) is 8.02. The van der Waals surface area contributed by atoms with Gasteiger partial charge in [-0.1, -0.05) is 70.6 Å². The highest BCUT2D eigenvalue weighted by Gasteiger charge is 2.25. The van der Waals surface area contributed by atoms with Crippen LogP contribution in [-0.4, -0.2) is 24.5 Å². The lowest BCUT2D eigenvalue weighted by molar-refractivity contribution is 0.128. The zero-order valence-electron chi connectivity index (χ0n) is 13.9. The standard InChI is InChI=1S/C19H37N/c1-20-17-13-9-11-15-18-14-10-7-5-3-2-4-6-8-12-16-19(18)20/h18-19H,2-17H2,1H3. The summed E-state index contributed by atoms with van der Waals surface area (Å²) >= 11 is 0. The van der Waals surface area contributed by atoms with E-state index in [4.69, 9.17) is 0 Å². The molecule has 0 aromatic heterocycles. The molecule has 2 aliphatic rings. The van der Waals surface area contributed by atoms with Crippen molar-refractivity contribution in [1.82, 2.24) is 4.90 Å². The molecule has 0 bridgehead atoms. The Balaban J connectivity index is 1.91. The quantitative estimate of drug-likeness (QED) is 0.543. The van der Waals surface area contributed by atoms with Gasteiger partial charge in [-0.05, 0) is 45.2 Å². The third kappa shape index (κ3) is 5.76. The van der Waals surface area contributed by atoms with Gasteiger partial charge in [0, 0.05) is 6.04 Å². The van der Waals surface area contributed by atoms with E-state index in [1.54, 1.807) is 0 Å². The van der Waals surface area contributed by atoms with E-state index in [2.05, 4.69) is 11.9 Å². The van der Waals surface area contributed by atoms with Crippen molar-refractivity contribution < 1.29 is 0 Å². The Bertz CT molecular complexity index is 238. The smallest absolute Gasteiger partial charge is 0.0120 e. The van der Waals surface area contributed by atoms with Gasteiger partial charge in [-0.2, -0.15) is 0 Å². The van der Waals surface area contributed by atoms with Crippen LogP contribution >= 0.6 is 0 Å². The highest BCUT2D eigenvalue weighted by molar-refractivity contribution is 4.80. The van der Waals surface area contributed by atoms with Gasteiger partial charge in [0.2, 0.25) is 0 Å². The fourth-order valence-electron chi connectivity index (χ4n) is 4.45. The molecule has 0 amide bonds. The second kappa shape index (κ2) is 9.82. The number of rotatable bonds is 0. The molecule has 0 aromatic carbocycles. The van der Waals surface area contributed by atoms with Crippen LogP contribution in [0.25, 0.3) is 0 Å². The zero-order chi connectivity index (χ0) is 14.0. The van der Waals surface area contributed by atoms with Crippen molar-refractivity contribution in [2.75, 3.05) is 13.6 Å². The van der Waals surface area contributed by atoms with Gasteiger partial charge in [0.15, 0.2) is 0 Å². The maximum atomic E-state index is 2.73. The average molecular weight is 280 g/mol. The molecule has 2 unspecified atom stereocenters. The van der Waals surface area contributed by atoms with E-state index in [9.17, 15) is 0 Å². The van der Waals surface area contributed by atoms with Crippen LogP contribution in [0.1, 0.15) is 96.3 Å². The van der Waals surface area contributed by atoms with Crippen molar-refractivity contribution in [1.29, 1.82) is 0 Å². The minimum atomic E-state index is 0.899. The maximum Gasteiger partial charge on any atom is 0.0120 e. The SMILES string of the molecule is CN1CCCCCC2CCCCCCCCCCCC21. The fourth-order valence-corrected chi connectivity index (χ4v) is 4.45. The summed E-state index contributed by atoms with van der Waals surface area (Å²) in [6, 6.07) is 0.899. The van der Waals surface area contributed by atoms with Crippen LogP contribution in [0.3, 0.4) is 0 Å². The van der Waals surface area contributed by atoms with Gasteiger partial charge in [0.1, 0.15) is 0 Å². The Hall–Kier alpha value is -0.0400. The number of fused-ring (bicyclic) bond motifs is 1. The van der Waals surface area contributed by atoms with Crippen LogP contribution in [0.4, 0.5) is 0 Å². The Morgan fingerprint density at radius 2 is 1.00 bits per heavy atom. The lowest BCUT2D eigenvalue weighted by Gasteiger charge is -2.37. The Morgan fingerprint density at radius 1 is 0.550 bits per heavy atom. The second-order valence-electron chi connectivity index (χ2n) is 7.42. The minimum Gasteiger partial charge on any atom is -0.303 e. The van der Waals surface area contributed by atoms with Gasteiger partial charge in [-0.3, -0.25) is 0 Å². The molecule has 2 rings (SSSR count). The van der Waals surface area contributed by atoms with Gasteiger partial charge in [-0.25, -0.2) is 0 Å². The molecule has 118 valence electrons. The van der Waals surface area contributed by atoms with Crippen molar-refractivity contribution in [3.63, 3.8) is 0 Å². The summed E-state index contributed by atoms with van der Waals surface area (Å²) in [5, 5.41) is 0. The van der Waals surface area contributed by atoms with E-state index in [0.29, 0.717) is 0 Å². The first kappa shape index (κ1) is 16.3. The lowest BCUT2D eigenvalue weighted by atomic mass is 9.83. The molecular formula is C19H37N. The highest BCUT2D eigenvalue weighted by atomic mass is 15.1. The van der Waals surface area contributed by atoms with Crippen molar-refractivity contribution >= 4 is 0 Å². The summed E-state index contributed by atoms with van der Waals surface area (Å²) < 4.78 is 0. The second-order valence-corrected chi connectivity index (χ2v) is 7.42. The molecule has 20 heavy (non-hydrogen) atoms. The molecule has 1 heteroatoms. The van der Waals surface area contributed by atoms with E-state index in [-0.39, 0.29) is 0 Å². The topological polar surface area (TPSA) is 3.24 Å². The van der Waals surface area contributed by atoms with Crippen LogP contribution in [0.2, 0.25) is 0 Å². The van der Waals surface area contributed by atoms with Gasteiger partial charge in [0.25, 0.3) is 0 Å². The van der Waals surface area contributed by atoms with Crippen molar-refractivity contribution in [2.45, 2.75) is 102 Å². The first-order valence-electron chi connectivity index (χ1n) is 9.58. The van der Waals surface area contributed by atoms with Crippen LogP contribution in [-0.2, 0) is 0 Å². The number of likely N-dealkylation sites (tertiary alicyclic amines) is 1. The zero-order valence-corrected chi connectivity index (χ0v) is 13.9. The van der Waals surface area contributed by atoms with Crippen molar-refractivity contribution in [3.8, 4) is 0 Å². The predicted octanol–water partition coefficient (Wildman–Crippen LogP) is 5.78. The van der Waals surface area contributed by atoms with Gasteiger partial charge >= 0.3 is 0 Å². The van der Waals surface area contributed by atoms with E-state index < -0.39 is 0 Å². The summed E-state index contributed by atoms with van der Waals surface area (Å²) in [5.41, 5.74) is 0. The normalized spacial score (nSPS) is 32.9. The monoisotopic (exact) mass is 279 g/mol. The third-order valence-corrected chi connectivity index (χ3v) is 5.77. The molecule has 0 radical (unpaired) electrons. The summed E-state index contributed by atoms with van der Waals surface area (Å²) in [5.74, 6) is 1.00. The first-order valence-corrected chi connectivity index (χ1v) is 9.58. The molecule has 1 saturated heterocycles. The van der Waals surface area contributed by atoms with E-state index in [0.717, 1.165) is 12.0 Å². The largest absolute Gasteiger partial charge is 0.303 e. The summed E-state index contributed by atoms with van der Waals surface area (Å²) in [6.45, 7) is 1.35. The number of hydrogen-bond acceptors (Lipinski definition) is 1. The van der Waals surface area contributed by atoms with Crippen LogP contribution < -0.4 is 0 Å². The maximum absolute atomic E-state index is 2.73. The summed E-state index contributed by atoms with van der Waals surface area (Å²) in [6.07, 6.45) is 22.3. The number of nitrogens with zero attached hydrogens (tertiary/aromatic N) is 1. The van der Waals surface area contributed by atoms with Crippen LogP contribution in [0, 0.1) is 5.92 Å². The molecule has 0 N–H and O–H groups in total. The highest BCUT2D eigenvalue weighted by Crippen LogP contribution is 2.30. The molecule has 1 nitrogen and oxygen atoms in total. The van der Waals surface area contributed by atoms with E-state index >= 15 is 0 Å². The Morgan fingerprint density at radius 3 is 1.60 bits per heavy atom. The van der Waals surface area contributed by atoms with Crippen molar-refractivity contribution in [2.24, 2.45) is 5.92 Å². The van der Waals surface area contributed by atoms with E-state index in [1.165, 1.54) is 103 Å². The lowest BCUT2D eigenvalue weighted by Crippen LogP contribution is -2.39. The molecule has 1 heterocycles. The molecule has 0 aromatic rings. The van der Waals surface area contributed by atoms with Crippen LogP contribution in [0.15, 0.2) is 0 Å². The number of hydrogen-bond donors (Lipinski definition) is 0. The van der Waals surface area contributed by atoms with Gasteiger partial charge in [-0.15, -0.1) is 0 Å². The third-order valence-electron chi connectivity index (χ3n) is 5.77. The minimum absolute atomic E-state index is 0.899. The molecule has 1 aliphatic carbocycles. The average Bonchev–Trinajstić information content (AvgIpc) is 2.46. The molecular weight excluding hydrogens is 242 g/mol. The fraction of sp³-hybridized carbons (Fsp3) is 1.00. The first-order chi connectivity index (χ1) is 9.88. The summed E-state index contributed by atoms with van der Waals surface area (Å²) in [4.78, 5) is 2.73. The molecule has 2 fully saturated rings. The molecule has 1 saturated carbocycles. The molecule has 1 aliphatic heterocycles. The molecule has 2 atom stereocenters.